The standard InChI is InChI=1S/C29H32ClN5O5S/c1-17-4-3-5-19(12-17)25(16-36)33-27(37)18(2)35-15-21-7-6-20(13-23(21)28(35)38)26-24(30)14-31-29(34-26)32-22-8-10-41(39,40)11-9-22/h3-7,12-14,18,22,25,36H,8-11,15-16H2,1-2H3,(H,33,37)(H,31,32,34)/t18-,25-/m1/s1. The Morgan fingerprint density at radius 3 is 2.66 bits per heavy atom. The number of aliphatic hydroxyl groups excluding tert-OH is 1. The van der Waals surface area contributed by atoms with E-state index < -0.39 is 21.9 Å². The first-order valence-electron chi connectivity index (χ1n) is 13.5. The molecular weight excluding hydrogens is 566 g/mol. The molecule has 0 aliphatic carbocycles. The van der Waals surface area contributed by atoms with Crippen molar-refractivity contribution < 1.29 is 23.1 Å². The SMILES string of the molecule is Cc1cccc([C@@H](CO)NC(=O)[C@@H](C)N2Cc3ccc(-c4nc(NC5CCS(=O)(=O)CC5)ncc4Cl)cc3C2=O)c1. The Balaban J connectivity index is 1.30. The van der Waals surface area contributed by atoms with Crippen molar-refractivity contribution in [3.63, 3.8) is 0 Å². The minimum absolute atomic E-state index is 0.0633. The van der Waals surface area contributed by atoms with E-state index in [0.29, 0.717) is 40.6 Å². The molecular formula is C29H32ClN5O5S. The topological polar surface area (TPSA) is 142 Å². The molecule has 3 aromatic rings. The lowest BCUT2D eigenvalue weighted by Crippen LogP contribution is -2.46. The average molecular weight is 598 g/mol. The molecule has 0 radical (unpaired) electrons. The highest BCUT2D eigenvalue weighted by molar-refractivity contribution is 7.91. The number of benzene rings is 2. The zero-order valence-electron chi connectivity index (χ0n) is 22.8. The number of aliphatic hydroxyl groups is 1. The molecule has 1 aromatic heterocycles. The first-order chi connectivity index (χ1) is 19.5. The molecule has 2 aliphatic heterocycles. The zero-order valence-corrected chi connectivity index (χ0v) is 24.4. The van der Waals surface area contributed by atoms with Crippen molar-refractivity contribution >= 4 is 39.2 Å². The summed E-state index contributed by atoms with van der Waals surface area (Å²) in [7, 11) is -2.99. The molecule has 3 heterocycles. The highest BCUT2D eigenvalue weighted by atomic mass is 35.5. The predicted octanol–water partition coefficient (Wildman–Crippen LogP) is 3.29. The van der Waals surface area contributed by atoms with Crippen molar-refractivity contribution in [2.45, 2.75) is 51.4 Å². The molecule has 5 rings (SSSR count). The smallest absolute Gasteiger partial charge is 0.255 e. The molecule has 0 unspecified atom stereocenters. The van der Waals surface area contributed by atoms with Crippen LogP contribution < -0.4 is 10.6 Å². The second-order valence-electron chi connectivity index (χ2n) is 10.6. The number of nitrogens with zero attached hydrogens (tertiary/aromatic N) is 3. The molecule has 12 heteroatoms. The number of amides is 2. The van der Waals surface area contributed by atoms with Crippen LogP contribution in [0.2, 0.25) is 5.02 Å². The molecule has 0 saturated carbocycles. The number of hydrogen-bond acceptors (Lipinski definition) is 8. The number of aromatic nitrogens is 2. The molecule has 0 bridgehead atoms. The number of aryl methyl sites for hydroxylation is 1. The van der Waals surface area contributed by atoms with E-state index in [1.807, 2.05) is 43.3 Å². The molecule has 3 N–H and O–H groups in total. The molecule has 41 heavy (non-hydrogen) atoms. The molecule has 216 valence electrons. The third-order valence-corrected chi connectivity index (χ3v) is 9.63. The quantitative estimate of drug-likeness (QED) is 0.359. The lowest BCUT2D eigenvalue weighted by atomic mass is 10.0. The summed E-state index contributed by atoms with van der Waals surface area (Å²) in [4.78, 5) is 36.9. The van der Waals surface area contributed by atoms with Crippen LogP contribution in [0, 0.1) is 6.92 Å². The van der Waals surface area contributed by atoms with E-state index in [1.54, 1.807) is 13.0 Å². The van der Waals surface area contributed by atoms with Gasteiger partial charge in [-0.25, -0.2) is 18.4 Å². The number of anilines is 1. The summed E-state index contributed by atoms with van der Waals surface area (Å²) in [5.41, 5.74) is 4.11. The second kappa shape index (κ2) is 11.8. The fourth-order valence-electron chi connectivity index (χ4n) is 5.19. The van der Waals surface area contributed by atoms with Crippen molar-refractivity contribution in [1.29, 1.82) is 0 Å². The van der Waals surface area contributed by atoms with Gasteiger partial charge in [0.1, 0.15) is 15.9 Å². The van der Waals surface area contributed by atoms with Crippen LogP contribution in [-0.2, 0) is 21.2 Å². The average Bonchev–Trinajstić information content (AvgIpc) is 3.28. The summed E-state index contributed by atoms with van der Waals surface area (Å²) in [5.74, 6) is -0.0705. The molecule has 10 nitrogen and oxygen atoms in total. The van der Waals surface area contributed by atoms with Crippen LogP contribution >= 0.6 is 11.6 Å². The lowest BCUT2D eigenvalue weighted by molar-refractivity contribution is -0.126. The maximum Gasteiger partial charge on any atom is 0.255 e. The van der Waals surface area contributed by atoms with Gasteiger partial charge in [-0.05, 0) is 43.9 Å². The van der Waals surface area contributed by atoms with Gasteiger partial charge >= 0.3 is 0 Å². The largest absolute Gasteiger partial charge is 0.394 e. The van der Waals surface area contributed by atoms with Crippen molar-refractivity contribution in [1.82, 2.24) is 20.2 Å². The van der Waals surface area contributed by atoms with Gasteiger partial charge in [0.05, 0.1) is 41.1 Å². The summed E-state index contributed by atoms with van der Waals surface area (Å²) >= 11 is 6.44. The van der Waals surface area contributed by atoms with Gasteiger partial charge in [0.2, 0.25) is 11.9 Å². The maximum atomic E-state index is 13.4. The van der Waals surface area contributed by atoms with Gasteiger partial charge in [-0.15, -0.1) is 0 Å². The van der Waals surface area contributed by atoms with Crippen molar-refractivity contribution in [3.05, 3.63) is 75.9 Å². The van der Waals surface area contributed by atoms with E-state index in [9.17, 15) is 23.1 Å². The number of halogens is 1. The third-order valence-electron chi connectivity index (χ3n) is 7.64. The summed E-state index contributed by atoms with van der Waals surface area (Å²) in [5, 5.41) is 16.3. The maximum absolute atomic E-state index is 13.4. The van der Waals surface area contributed by atoms with Crippen LogP contribution in [0.1, 0.15) is 52.9 Å². The monoisotopic (exact) mass is 597 g/mol. The Kier molecular flexibility index (Phi) is 8.30. The summed E-state index contributed by atoms with van der Waals surface area (Å²) in [6, 6.07) is 11.5. The van der Waals surface area contributed by atoms with Crippen LogP contribution in [-0.4, -0.2) is 70.4 Å². The number of fused-ring (bicyclic) bond motifs is 1. The Bertz CT molecular complexity index is 1580. The number of nitrogens with one attached hydrogen (secondary N) is 2. The summed E-state index contributed by atoms with van der Waals surface area (Å²) in [6.45, 7) is 3.61. The fraction of sp³-hybridized carbons (Fsp3) is 0.379. The van der Waals surface area contributed by atoms with Gasteiger partial charge in [-0.3, -0.25) is 9.59 Å². The van der Waals surface area contributed by atoms with Crippen LogP contribution in [0.5, 0.6) is 0 Å². The zero-order chi connectivity index (χ0) is 29.3. The van der Waals surface area contributed by atoms with E-state index in [1.165, 1.54) is 11.1 Å². The van der Waals surface area contributed by atoms with Crippen LogP contribution in [0.3, 0.4) is 0 Å². The molecule has 2 aliphatic rings. The van der Waals surface area contributed by atoms with Crippen molar-refractivity contribution in [2.24, 2.45) is 0 Å². The Morgan fingerprint density at radius 1 is 1.20 bits per heavy atom. The van der Waals surface area contributed by atoms with E-state index in [4.69, 9.17) is 11.6 Å². The fourth-order valence-corrected chi connectivity index (χ4v) is 6.89. The van der Waals surface area contributed by atoms with Crippen LogP contribution in [0.4, 0.5) is 5.95 Å². The Hall–Kier alpha value is -3.54. The molecule has 1 fully saturated rings. The number of hydrogen-bond donors (Lipinski definition) is 3. The first-order valence-corrected chi connectivity index (χ1v) is 15.7. The van der Waals surface area contributed by atoms with E-state index in [-0.39, 0.29) is 42.5 Å². The third kappa shape index (κ3) is 6.37. The van der Waals surface area contributed by atoms with Gasteiger partial charge in [-0.1, -0.05) is 53.6 Å². The van der Waals surface area contributed by atoms with E-state index in [2.05, 4.69) is 20.6 Å². The summed E-state index contributed by atoms with van der Waals surface area (Å²) < 4.78 is 23.5. The molecule has 1 saturated heterocycles. The number of carbonyl (C=O) groups excluding carboxylic acids is 2. The summed E-state index contributed by atoms with van der Waals surface area (Å²) in [6.07, 6.45) is 2.43. The minimum Gasteiger partial charge on any atom is -0.394 e. The Morgan fingerprint density at radius 2 is 1.95 bits per heavy atom. The van der Waals surface area contributed by atoms with Gasteiger partial charge in [-0.2, -0.15) is 0 Å². The van der Waals surface area contributed by atoms with Gasteiger partial charge in [0.25, 0.3) is 5.91 Å². The predicted molar refractivity (Wildman–Crippen MR) is 156 cm³/mol. The normalized spacial score (nSPS) is 18.0. The van der Waals surface area contributed by atoms with Gasteiger partial charge < -0.3 is 20.6 Å². The van der Waals surface area contributed by atoms with Gasteiger partial charge in [0, 0.05) is 23.7 Å². The van der Waals surface area contributed by atoms with E-state index in [0.717, 1.165) is 16.7 Å². The minimum atomic E-state index is -2.99. The van der Waals surface area contributed by atoms with Crippen LogP contribution in [0.15, 0.2) is 48.7 Å². The van der Waals surface area contributed by atoms with Crippen molar-refractivity contribution in [3.8, 4) is 11.3 Å². The number of carbonyl (C=O) groups is 2. The van der Waals surface area contributed by atoms with Crippen molar-refractivity contribution in [2.75, 3.05) is 23.4 Å². The highest BCUT2D eigenvalue weighted by Gasteiger charge is 2.35. The molecule has 2 atom stereocenters. The van der Waals surface area contributed by atoms with Gasteiger partial charge in [0.15, 0.2) is 0 Å². The molecule has 0 spiro atoms. The molecule has 2 aromatic carbocycles. The lowest BCUT2D eigenvalue weighted by Gasteiger charge is -2.26. The highest BCUT2D eigenvalue weighted by Crippen LogP contribution is 2.32. The number of sulfone groups is 1. The molecule has 2 amide bonds. The second-order valence-corrected chi connectivity index (χ2v) is 13.3. The Labute approximate surface area is 244 Å². The van der Waals surface area contributed by atoms with E-state index >= 15 is 0 Å². The van der Waals surface area contributed by atoms with Crippen LogP contribution in [0.25, 0.3) is 11.3 Å². The first kappa shape index (κ1) is 29.0. The number of rotatable bonds is 8.